The van der Waals surface area contributed by atoms with E-state index in [4.69, 9.17) is 4.74 Å². The molecule has 0 bridgehead atoms. The van der Waals surface area contributed by atoms with Crippen molar-refractivity contribution >= 4 is 0 Å². The first kappa shape index (κ1) is 10.8. The summed E-state index contributed by atoms with van der Waals surface area (Å²) >= 11 is 0. The van der Waals surface area contributed by atoms with Crippen molar-refractivity contribution in [1.82, 2.24) is 0 Å². The molecule has 1 heteroatoms. The number of hydrogen-bond acceptors (Lipinski definition) is 1. The predicted octanol–water partition coefficient (Wildman–Crippen LogP) is 3.96. The molecular formula is C13H18O. The fourth-order valence-corrected chi connectivity index (χ4v) is 1.59. The maximum atomic E-state index is 5.64. The molecule has 1 unspecified atom stereocenters. The van der Waals surface area contributed by atoms with Crippen molar-refractivity contribution in [2.45, 2.75) is 27.7 Å². The van der Waals surface area contributed by atoms with Gasteiger partial charge in [-0.25, -0.2) is 0 Å². The summed E-state index contributed by atoms with van der Waals surface area (Å²) in [6.07, 6.45) is 10.3. The second kappa shape index (κ2) is 4.85. The summed E-state index contributed by atoms with van der Waals surface area (Å²) in [5.74, 6) is 2.41. The summed E-state index contributed by atoms with van der Waals surface area (Å²) < 4.78 is 5.64. The SMILES string of the molecule is C\C=C/C=C1\C(=C/C)OC(C)=CC1C. The predicted molar refractivity (Wildman–Crippen MR) is 60.7 cm³/mol. The highest BCUT2D eigenvalue weighted by Gasteiger charge is 2.17. The van der Waals surface area contributed by atoms with Gasteiger partial charge in [0.25, 0.3) is 0 Å². The lowest BCUT2D eigenvalue weighted by Gasteiger charge is -2.23. The van der Waals surface area contributed by atoms with Gasteiger partial charge in [-0.05, 0) is 32.9 Å². The molecule has 0 saturated carbocycles. The van der Waals surface area contributed by atoms with Crippen molar-refractivity contribution in [2.75, 3.05) is 0 Å². The largest absolute Gasteiger partial charge is 0.462 e. The summed E-state index contributed by atoms with van der Waals surface area (Å²) in [7, 11) is 0. The molecule has 1 heterocycles. The minimum Gasteiger partial charge on any atom is -0.462 e. The molecule has 76 valence electrons. The van der Waals surface area contributed by atoms with E-state index in [9.17, 15) is 0 Å². The van der Waals surface area contributed by atoms with E-state index in [1.807, 2.05) is 39.0 Å². The first-order valence-electron chi connectivity index (χ1n) is 5.04. The van der Waals surface area contributed by atoms with Crippen LogP contribution >= 0.6 is 0 Å². The summed E-state index contributed by atoms with van der Waals surface area (Å²) in [6, 6.07) is 0. The van der Waals surface area contributed by atoms with Gasteiger partial charge in [0.15, 0.2) is 0 Å². The Kier molecular flexibility index (Phi) is 3.75. The molecule has 0 aliphatic carbocycles. The van der Waals surface area contributed by atoms with Crippen LogP contribution in [0.25, 0.3) is 0 Å². The van der Waals surface area contributed by atoms with Crippen LogP contribution in [0.3, 0.4) is 0 Å². The summed E-state index contributed by atoms with van der Waals surface area (Å²) in [6.45, 7) is 8.20. The maximum absolute atomic E-state index is 5.64. The zero-order chi connectivity index (χ0) is 10.6. The molecule has 0 saturated heterocycles. The first-order valence-corrected chi connectivity index (χ1v) is 5.04. The lowest BCUT2D eigenvalue weighted by Crippen LogP contribution is -2.09. The van der Waals surface area contributed by atoms with E-state index >= 15 is 0 Å². The van der Waals surface area contributed by atoms with E-state index in [0.29, 0.717) is 5.92 Å². The Balaban J connectivity index is 3.03. The molecule has 0 amide bonds. The van der Waals surface area contributed by atoms with Crippen LogP contribution < -0.4 is 0 Å². The van der Waals surface area contributed by atoms with E-state index < -0.39 is 0 Å². The lowest BCUT2D eigenvalue weighted by atomic mass is 9.95. The van der Waals surface area contributed by atoms with E-state index in [0.717, 1.165) is 11.5 Å². The highest BCUT2D eigenvalue weighted by atomic mass is 16.5. The molecule has 1 rings (SSSR count). The molecule has 1 aliphatic rings. The third kappa shape index (κ3) is 2.38. The van der Waals surface area contributed by atoms with Crippen LogP contribution in [0.2, 0.25) is 0 Å². The molecule has 0 N–H and O–H groups in total. The monoisotopic (exact) mass is 190 g/mol. The fraction of sp³-hybridized carbons (Fsp3) is 0.385. The van der Waals surface area contributed by atoms with Gasteiger partial charge >= 0.3 is 0 Å². The number of ether oxygens (including phenoxy) is 1. The quantitative estimate of drug-likeness (QED) is 0.608. The normalized spacial score (nSPS) is 28.3. The molecule has 0 aromatic carbocycles. The highest BCUT2D eigenvalue weighted by Crippen LogP contribution is 2.30. The molecule has 0 aromatic heterocycles. The Labute approximate surface area is 86.5 Å². The summed E-state index contributed by atoms with van der Waals surface area (Å²) in [5, 5.41) is 0. The Morgan fingerprint density at radius 3 is 2.64 bits per heavy atom. The standard InChI is InChI=1S/C13H18O/c1-5-7-8-12-10(3)9-11(4)14-13(12)6-2/h5-10H,1-4H3/b7-5-,12-8-,13-6+. The zero-order valence-electron chi connectivity index (χ0n) is 9.37. The van der Waals surface area contributed by atoms with Crippen molar-refractivity contribution in [3.63, 3.8) is 0 Å². The Morgan fingerprint density at radius 1 is 1.36 bits per heavy atom. The summed E-state index contributed by atoms with van der Waals surface area (Å²) in [4.78, 5) is 0. The van der Waals surface area contributed by atoms with Crippen molar-refractivity contribution in [2.24, 2.45) is 5.92 Å². The Hall–Kier alpha value is -1.24. The second-order valence-electron chi connectivity index (χ2n) is 3.47. The van der Waals surface area contributed by atoms with Crippen LogP contribution in [0, 0.1) is 5.92 Å². The van der Waals surface area contributed by atoms with Crippen LogP contribution in [0.5, 0.6) is 0 Å². The van der Waals surface area contributed by atoms with E-state index in [1.54, 1.807) is 0 Å². The van der Waals surface area contributed by atoms with Crippen LogP contribution in [-0.4, -0.2) is 0 Å². The van der Waals surface area contributed by atoms with Crippen LogP contribution in [0.15, 0.2) is 47.5 Å². The van der Waals surface area contributed by atoms with Crippen molar-refractivity contribution in [1.29, 1.82) is 0 Å². The second-order valence-corrected chi connectivity index (χ2v) is 3.47. The van der Waals surface area contributed by atoms with Gasteiger partial charge in [-0.3, -0.25) is 0 Å². The van der Waals surface area contributed by atoms with E-state index in [-0.39, 0.29) is 0 Å². The molecule has 1 atom stereocenters. The molecule has 0 spiro atoms. The molecule has 14 heavy (non-hydrogen) atoms. The van der Waals surface area contributed by atoms with Gasteiger partial charge in [0.2, 0.25) is 0 Å². The van der Waals surface area contributed by atoms with E-state index in [1.165, 1.54) is 5.57 Å². The average Bonchev–Trinajstić information content (AvgIpc) is 2.15. The molecule has 0 radical (unpaired) electrons. The van der Waals surface area contributed by atoms with Gasteiger partial charge < -0.3 is 4.74 Å². The number of rotatable bonds is 1. The van der Waals surface area contributed by atoms with Gasteiger partial charge in [-0.15, -0.1) is 0 Å². The van der Waals surface area contributed by atoms with Crippen molar-refractivity contribution < 1.29 is 4.74 Å². The maximum Gasteiger partial charge on any atom is 0.126 e. The lowest BCUT2D eigenvalue weighted by molar-refractivity contribution is 0.292. The Bertz CT molecular complexity index is 316. The van der Waals surface area contributed by atoms with Gasteiger partial charge in [0.1, 0.15) is 5.76 Å². The third-order valence-electron chi connectivity index (χ3n) is 2.26. The van der Waals surface area contributed by atoms with E-state index in [2.05, 4.69) is 19.1 Å². The molecule has 0 aromatic rings. The minimum absolute atomic E-state index is 0.436. The third-order valence-corrected chi connectivity index (χ3v) is 2.26. The zero-order valence-corrected chi connectivity index (χ0v) is 9.37. The van der Waals surface area contributed by atoms with Crippen LogP contribution in [0.1, 0.15) is 27.7 Å². The average molecular weight is 190 g/mol. The van der Waals surface area contributed by atoms with Gasteiger partial charge in [0, 0.05) is 11.5 Å². The minimum atomic E-state index is 0.436. The molecule has 1 aliphatic heterocycles. The first-order chi connectivity index (χ1) is 6.69. The molecular weight excluding hydrogens is 172 g/mol. The number of hydrogen-bond donors (Lipinski definition) is 0. The van der Waals surface area contributed by atoms with Gasteiger partial charge in [0.05, 0.1) is 5.76 Å². The number of allylic oxidation sites excluding steroid dienone is 7. The highest BCUT2D eigenvalue weighted by molar-refractivity contribution is 5.37. The van der Waals surface area contributed by atoms with Gasteiger partial charge in [-0.1, -0.05) is 25.2 Å². The summed E-state index contributed by atoms with van der Waals surface area (Å²) in [5.41, 5.74) is 1.25. The molecule has 1 nitrogen and oxygen atoms in total. The molecule has 0 fully saturated rings. The smallest absolute Gasteiger partial charge is 0.126 e. The fourth-order valence-electron chi connectivity index (χ4n) is 1.59. The van der Waals surface area contributed by atoms with Crippen molar-refractivity contribution in [3.8, 4) is 0 Å². The van der Waals surface area contributed by atoms with Crippen LogP contribution in [-0.2, 0) is 4.74 Å². The van der Waals surface area contributed by atoms with Crippen molar-refractivity contribution in [3.05, 3.63) is 47.5 Å². The van der Waals surface area contributed by atoms with Gasteiger partial charge in [-0.2, -0.15) is 0 Å². The topological polar surface area (TPSA) is 9.23 Å². The van der Waals surface area contributed by atoms with Crippen LogP contribution in [0.4, 0.5) is 0 Å². The Morgan fingerprint density at radius 2 is 2.07 bits per heavy atom.